The highest BCUT2D eigenvalue weighted by molar-refractivity contribution is 6.61. The molecule has 1 aromatic heterocycles. The number of pyridine rings is 1. The lowest BCUT2D eigenvalue weighted by molar-refractivity contribution is -0.137. The normalized spacial score (nSPS) is 24.7. The van der Waals surface area contributed by atoms with Crippen LogP contribution in [0.25, 0.3) is 0 Å². The highest BCUT2D eigenvalue weighted by atomic mass is 35.5. The molecular weight excluding hydrogens is 445 g/mol. The molecule has 8 nitrogen and oxygen atoms in total. The monoisotopic (exact) mass is 479 g/mol. The summed E-state index contributed by atoms with van der Waals surface area (Å²) in [5.74, 6) is -0.0820. The van der Waals surface area contributed by atoms with Crippen molar-refractivity contribution < 1.29 is 23.6 Å². The number of hydrogen-bond donors (Lipinski definition) is 0. The molecule has 0 unspecified atom stereocenters. The molecule has 33 heavy (non-hydrogen) atoms. The number of rotatable bonds is 2. The van der Waals surface area contributed by atoms with Gasteiger partial charge in [-0.2, -0.15) is 0 Å². The maximum absolute atomic E-state index is 12.8. The van der Waals surface area contributed by atoms with Gasteiger partial charge in [0.2, 0.25) is 5.91 Å². The van der Waals surface area contributed by atoms with Gasteiger partial charge in [-0.1, -0.05) is 11.6 Å². The van der Waals surface area contributed by atoms with Crippen LogP contribution in [0, 0.1) is 0 Å². The number of hydrogen-bond acceptors (Lipinski definition) is 6. The number of carbonyl (C=O) groups is 2. The Bertz CT molecular complexity index is 917. The summed E-state index contributed by atoms with van der Waals surface area (Å²) in [5, 5.41) is 0.266. The Hall–Kier alpha value is -1.84. The number of aromatic nitrogens is 1. The van der Waals surface area contributed by atoms with E-state index in [9.17, 15) is 9.59 Å². The van der Waals surface area contributed by atoms with Crippen molar-refractivity contribution in [2.75, 3.05) is 13.1 Å². The zero-order chi connectivity index (χ0) is 24.9. The average molecular weight is 480 g/mol. The van der Waals surface area contributed by atoms with Gasteiger partial charge in [0, 0.05) is 26.1 Å². The van der Waals surface area contributed by atoms with E-state index in [1.165, 1.54) is 6.92 Å². The molecule has 2 saturated heterocycles. The molecule has 2 aliphatic heterocycles. The molecular formula is C23H35BClN3O5. The van der Waals surface area contributed by atoms with Crippen molar-refractivity contribution in [1.82, 2.24) is 14.8 Å². The second-order valence-electron chi connectivity index (χ2n) is 10.9. The van der Waals surface area contributed by atoms with Gasteiger partial charge in [-0.3, -0.25) is 4.79 Å². The molecule has 0 N–H and O–H groups in total. The number of carbonyl (C=O) groups excluding carboxylic acids is 2. The van der Waals surface area contributed by atoms with E-state index in [-0.39, 0.29) is 23.6 Å². The van der Waals surface area contributed by atoms with E-state index >= 15 is 0 Å². The first kappa shape index (κ1) is 25.8. The molecule has 0 spiro atoms. The van der Waals surface area contributed by atoms with Gasteiger partial charge < -0.3 is 23.8 Å². The minimum Gasteiger partial charge on any atom is -0.444 e. The SMILES string of the molecule is CC(=O)N1[C@H](C)CN(C(=O)OC(C)(C)C)C[C@H]1c1cc(Cl)nc(B2OC(C)(C)C(C)(C)O2)c1. The van der Waals surface area contributed by atoms with E-state index in [2.05, 4.69) is 4.98 Å². The van der Waals surface area contributed by atoms with Gasteiger partial charge in [-0.05, 0) is 73.1 Å². The van der Waals surface area contributed by atoms with Gasteiger partial charge in [0.25, 0.3) is 0 Å². The van der Waals surface area contributed by atoms with Crippen molar-refractivity contribution in [3.05, 3.63) is 22.8 Å². The van der Waals surface area contributed by atoms with Crippen molar-refractivity contribution >= 4 is 36.3 Å². The van der Waals surface area contributed by atoms with Crippen molar-refractivity contribution in [1.29, 1.82) is 0 Å². The highest BCUT2D eigenvalue weighted by Crippen LogP contribution is 2.37. The third-order valence-electron chi connectivity index (χ3n) is 6.42. The van der Waals surface area contributed by atoms with Crippen LogP contribution in [-0.4, -0.2) is 69.8 Å². The third-order valence-corrected chi connectivity index (χ3v) is 6.61. The summed E-state index contributed by atoms with van der Waals surface area (Å²) in [7, 11) is -0.693. The number of nitrogens with zero attached hydrogens (tertiary/aromatic N) is 3. The van der Waals surface area contributed by atoms with E-state index < -0.39 is 36.1 Å². The molecule has 3 rings (SSSR count). The topological polar surface area (TPSA) is 81.2 Å². The molecule has 10 heteroatoms. The quantitative estimate of drug-likeness (QED) is 0.476. The summed E-state index contributed by atoms with van der Waals surface area (Å²) in [6, 6.07) is 2.95. The zero-order valence-electron chi connectivity index (χ0n) is 21.1. The maximum Gasteiger partial charge on any atom is 0.514 e. The summed E-state index contributed by atoms with van der Waals surface area (Å²) in [6.45, 7) is 17.5. The fourth-order valence-corrected chi connectivity index (χ4v) is 4.40. The first-order chi connectivity index (χ1) is 15.0. The molecule has 1 aromatic rings. The van der Waals surface area contributed by atoms with Gasteiger partial charge in [-0.15, -0.1) is 0 Å². The van der Waals surface area contributed by atoms with Crippen LogP contribution >= 0.6 is 11.6 Å². The van der Waals surface area contributed by atoms with Crippen LogP contribution in [-0.2, 0) is 18.8 Å². The summed E-state index contributed by atoms with van der Waals surface area (Å²) in [4.78, 5) is 33.3. The lowest BCUT2D eigenvalue weighted by atomic mass is 9.82. The van der Waals surface area contributed by atoms with Gasteiger partial charge in [0.1, 0.15) is 10.8 Å². The average Bonchev–Trinajstić information content (AvgIpc) is 2.86. The Morgan fingerprint density at radius 2 is 1.73 bits per heavy atom. The first-order valence-corrected chi connectivity index (χ1v) is 11.7. The van der Waals surface area contributed by atoms with E-state index in [1.807, 2.05) is 61.5 Å². The standard InChI is InChI=1S/C23H35BClN3O5/c1-14-12-27(20(30)31-21(3,4)5)13-17(28(14)15(2)29)16-10-18(26-19(25)11-16)24-32-22(6,7)23(8,9)33-24/h10-11,14,17H,12-13H2,1-9H3/t14-,17+/m1/s1. The minimum absolute atomic E-state index is 0.0820. The molecule has 2 fully saturated rings. The molecule has 0 saturated carbocycles. The smallest absolute Gasteiger partial charge is 0.444 e. The lowest BCUT2D eigenvalue weighted by Crippen LogP contribution is -2.57. The largest absolute Gasteiger partial charge is 0.514 e. The molecule has 182 valence electrons. The summed E-state index contributed by atoms with van der Waals surface area (Å²) >= 11 is 6.41. The number of piperazine rings is 1. The third kappa shape index (κ3) is 5.47. The van der Waals surface area contributed by atoms with Crippen molar-refractivity contribution in [2.45, 2.75) is 91.2 Å². The van der Waals surface area contributed by atoms with Crippen molar-refractivity contribution in [3.63, 3.8) is 0 Å². The van der Waals surface area contributed by atoms with E-state index in [0.29, 0.717) is 12.1 Å². The fourth-order valence-electron chi connectivity index (χ4n) is 4.17. The van der Waals surface area contributed by atoms with E-state index in [0.717, 1.165) is 5.56 Å². The Kier molecular flexibility index (Phi) is 6.83. The second kappa shape index (κ2) is 8.75. The van der Waals surface area contributed by atoms with E-state index in [4.69, 9.17) is 25.6 Å². The van der Waals surface area contributed by atoms with Crippen LogP contribution in [0.4, 0.5) is 4.79 Å². The lowest BCUT2D eigenvalue weighted by Gasteiger charge is -2.45. The first-order valence-electron chi connectivity index (χ1n) is 11.3. The number of amides is 2. The fraction of sp³-hybridized carbons (Fsp3) is 0.696. The molecule has 3 heterocycles. The highest BCUT2D eigenvalue weighted by Gasteiger charge is 2.52. The molecule has 2 atom stereocenters. The second-order valence-corrected chi connectivity index (χ2v) is 11.3. The summed E-state index contributed by atoms with van der Waals surface area (Å²) in [5.41, 5.74) is -0.380. The summed E-state index contributed by atoms with van der Waals surface area (Å²) in [6.07, 6.45) is -0.408. The van der Waals surface area contributed by atoms with Crippen LogP contribution in [0.2, 0.25) is 5.15 Å². The Morgan fingerprint density at radius 3 is 2.24 bits per heavy atom. The number of halogens is 1. The molecule has 0 bridgehead atoms. The Labute approximate surface area is 202 Å². The van der Waals surface area contributed by atoms with Gasteiger partial charge in [0.15, 0.2) is 0 Å². The number of ether oxygens (including phenoxy) is 1. The van der Waals surface area contributed by atoms with Gasteiger partial charge >= 0.3 is 13.2 Å². The van der Waals surface area contributed by atoms with Crippen LogP contribution in [0.1, 0.15) is 73.9 Å². The summed E-state index contributed by atoms with van der Waals surface area (Å²) < 4.78 is 17.9. The van der Waals surface area contributed by atoms with Crippen LogP contribution < -0.4 is 5.59 Å². The van der Waals surface area contributed by atoms with Crippen LogP contribution in [0.5, 0.6) is 0 Å². The maximum atomic E-state index is 12.8. The van der Waals surface area contributed by atoms with Gasteiger partial charge in [-0.25, -0.2) is 9.78 Å². The molecule has 0 radical (unpaired) electrons. The predicted octanol–water partition coefficient (Wildman–Crippen LogP) is 3.56. The molecule has 2 aliphatic rings. The predicted molar refractivity (Wildman–Crippen MR) is 127 cm³/mol. The molecule has 0 aliphatic carbocycles. The molecule has 0 aromatic carbocycles. The van der Waals surface area contributed by atoms with Gasteiger partial charge in [0.05, 0.1) is 22.8 Å². The van der Waals surface area contributed by atoms with Crippen LogP contribution in [0.3, 0.4) is 0 Å². The van der Waals surface area contributed by atoms with Crippen molar-refractivity contribution in [2.24, 2.45) is 0 Å². The van der Waals surface area contributed by atoms with Crippen LogP contribution in [0.15, 0.2) is 12.1 Å². The Balaban J connectivity index is 1.96. The Morgan fingerprint density at radius 1 is 1.15 bits per heavy atom. The molecule has 2 amide bonds. The minimum atomic E-state index is -0.693. The van der Waals surface area contributed by atoms with E-state index in [1.54, 1.807) is 15.9 Å². The zero-order valence-corrected chi connectivity index (χ0v) is 21.8. The van der Waals surface area contributed by atoms with Crippen molar-refractivity contribution in [3.8, 4) is 0 Å².